The summed E-state index contributed by atoms with van der Waals surface area (Å²) < 4.78 is 3.13. The number of halogens is 2. The highest BCUT2D eigenvalue weighted by Gasteiger charge is 2.13. The summed E-state index contributed by atoms with van der Waals surface area (Å²) in [6.45, 7) is 0.646. The standard InChI is InChI=1S/C21H16BrClN4OS2/c22-19-10-9-16(30-19)11-24-26-20(28)13-29-21-25-17-3-1-2-4-18(17)27(21)12-14-5-7-15(23)8-6-14/h1-11H,12-13H2,(H,26,28). The second-order valence-electron chi connectivity index (χ2n) is 6.32. The number of nitrogens with zero attached hydrogens (tertiary/aromatic N) is 3. The van der Waals surface area contributed by atoms with Gasteiger partial charge in [-0.25, -0.2) is 10.4 Å². The van der Waals surface area contributed by atoms with Crippen molar-refractivity contribution in [3.63, 3.8) is 0 Å². The number of rotatable bonds is 7. The van der Waals surface area contributed by atoms with Crippen molar-refractivity contribution >= 4 is 73.8 Å². The molecule has 9 heteroatoms. The summed E-state index contributed by atoms with van der Waals surface area (Å²) in [5, 5.41) is 5.51. The predicted octanol–water partition coefficient (Wildman–Crippen LogP) is 5.80. The Morgan fingerprint density at radius 3 is 2.77 bits per heavy atom. The first-order chi connectivity index (χ1) is 14.6. The minimum Gasteiger partial charge on any atom is -0.314 e. The SMILES string of the molecule is O=C(CSc1nc2ccccc2n1Cc1ccc(Cl)cc1)NN=Cc1ccc(Br)s1. The average molecular weight is 520 g/mol. The minimum absolute atomic E-state index is 0.183. The molecule has 2 aromatic carbocycles. The summed E-state index contributed by atoms with van der Waals surface area (Å²) >= 11 is 12.3. The van der Waals surface area contributed by atoms with Gasteiger partial charge in [0.2, 0.25) is 0 Å². The van der Waals surface area contributed by atoms with Crippen LogP contribution >= 0.6 is 50.6 Å². The summed E-state index contributed by atoms with van der Waals surface area (Å²) in [7, 11) is 0. The summed E-state index contributed by atoms with van der Waals surface area (Å²) in [6, 6.07) is 19.6. The fraction of sp³-hybridized carbons (Fsp3) is 0.0952. The number of carbonyl (C=O) groups excluding carboxylic acids is 1. The third kappa shape index (κ3) is 5.31. The van der Waals surface area contributed by atoms with E-state index < -0.39 is 0 Å². The number of para-hydroxylation sites is 2. The number of nitrogens with one attached hydrogen (secondary N) is 1. The predicted molar refractivity (Wildman–Crippen MR) is 129 cm³/mol. The van der Waals surface area contributed by atoms with E-state index in [1.807, 2.05) is 60.7 Å². The van der Waals surface area contributed by atoms with Crippen LogP contribution in [0.3, 0.4) is 0 Å². The Morgan fingerprint density at radius 1 is 1.20 bits per heavy atom. The van der Waals surface area contributed by atoms with Crippen LogP contribution in [-0.2, 0) is 11.3 Å². The first-order valence-corrected chi connectivity index (χ1v) is 12.0. The Bertz CT molecular complexity index is 1200. The molecular weight excluding hydrogens is 504 g/mol. The molecule has 0 saturated heterocycles. The molecule has 1 amide bonds. The van der Waals surface area contributed by atoms with Crippen LogP contribution in [0.4, 0.5) is 0 Å². The zero-order valence-corrected chi connectivity index (χ0v) is 19.6. The van der Waals surface area contributed by atoms with Crippen LogP contribution in [0.1, 0.15) is 10.4 Å². The number of hydrogen-bond acceptors (Lipinski definition) is 5. The van der Waals surface area contributed by atoms with Gasteiger partial charge in [-0.3, -0.25) is 4.79 Å². The van der Waals surface area contributed by atoms with E-state index in [4.69, 9.17) is 16.6 Å². The van der Waals surface area contributed by atoms with Crippen LogP contribution in [0.2, 0.25) is 5.02 Å². The van der Waals surface area contributed by atoms with Crippen LogP contribution in [0.15, 0.2) is 74.7 Å². The Hall–Kier alpha value is -2.13. The second kappa shape index (κ2) is 9.78. The van der Waals surface area contributed by atoms with Gasteiger partial charge in [-0.15, -0.1) is 11.3 Å². The van der Waals surface area contributed by atoms with Crippen molar-refractivity contribution in [3.05, 3.63) is 79.9 Å². The molecule has 0 spiro atoms. The number of carbonyl (C=O) groups is 1. The molecule has 2 aromatic heterocycles. The van der Waals surface area contributed by atoms with Crippen molar-refractivity contribution in [1.29, 1.82) is 0 Å². The Kier molecular flexibility index (Phi) is 6.89. The topological polar surface area (TPSA) is 59.3 Å². The number of hydrazone groups is 1. The van der Waals surface area contributed by atoms with Gasteiger partial charge >= 0.3 is 0 Å². The molecule has 4 aromatic rings. The van der Waals surface area contributed by atoms with Gasteiger partial charge in [0.05, 0.1) is 33.3 Å². The van der Waals surface area contributed by atoms with Gasteiger partial charge in [-0.2, -0.15) is 5.10 Å². The molecule has 0 fully saturated rings. The van der Waals surface area contributed by atoms with Gasteiger partial charge in [-0.05, 0) is 57.9 Å². The molecule has 0 radical (unpaired) electrons. The van der Waals surface area contributed by atoms with E-state index in [-0.39, 0.29) is 11.7 Å². The van der Waals surface area contributed by atoms with E-state index in [1.54, 1.807) is 17.6 Å². The van der Waals surface area contributed by atoms with E-state index in [0.29, 0.717) is 11.6 Å². The largest absolute Gasteiger partial charge is 0.314 e. The number of fused-ring (bicyclic) bond motifs is 1. The van der Waals surface area contributed by atoms with Gasteiger partial charge in [-0.1, -0.05) is 47.6 Å². The highest BCUT2D eigenvalue weighted by Crippen LogP contribution is 2.25. The van der Waals surface area contributed by atoms with Crippen LogP contribution in [0.5, 0.6) is 0 Å². The van der Waals surface area contributed by atoms with Crippen molar-refractivity contribution in [1.82, 2.24) is 15.0 Å². The quantitative estimate of drug-likeness (QED) is 0.191. The fourth-order valence-electron chi connectivity index (χ4n) is 2.82. The lowest BCUT2D eigenvalue weighted by atomic mass is 10.2. The fourth-order valence-corrected chi connectivity index (χ4v) is 5.04. The number of thiophene rings is 1. The van der Waals surface area contributed by atoms with Crippen molar-refractivity contribution in [3.8, 4) is 0 Å². The first kappa shape index (κ1) is 21.1. The highest BCUT2D eigenvalue weighted by molar-refractivity contribution is 9.11. The molecule has 0 bridgehead atoms. The summed E-state index contributed by atoms with van der Waals surface area (Å²) in [5.41, 5.74) is 5.60. The van der Waals surface area contributed by atoms with Crippen LogP contribution < -0.4 is 5.43 Å². The number of aromatic nitrogens is 2. The van der Waals surface area contributed by atoms with E-state index in [2.05, 4.69) is 31.0 Å². The summed E-state index contributed by atoms with van der Waals surface area (Å²) in [4.78, 5) is 17.9. The Balaban J connectivity index is 1.45. The molecule has 152 valence electrons. The molecule has 0 atom stereocenters. The molecule has 0 unspecified atom stereocenters. The van der Waals surface area contributed by atoms with Crippen molar-refractivity contribution in [2.45, 2.75) is 11.7 Å². The molecule has 1 N–H and O–H groups in total. The lowest BCUT2D eigenvalue weighted by molar-refractivity contribution is -0.118. The van der Waals surface area contributed by atoms with Crippen molar-refractivity contribution < 1.29 is 4.79 Å². The maximum Gasteiger partial charge on any atom is 0.250 e. The maximum atomic E-state index is 12.2. The first-order valence-electron chi connectivity index (χ1n) is 8.98. The summed E-state index contributed by atoms with van der Waals surface area (Å²) in [5.74, 6) is 0.0343. The molecule has 0 aliphatic rings. The Morgan fingerprint density at radius 2 is 2.00 bits per heavy atom. The monoisotopic (exact) mass is 518 g/mol. The molecule has 30 heavy (non-hydrogen) atoms. The van der Waals surface area contributed by atoms with Gasteiger partial charge in [0.25, 0.3) is 5.91 Å². The van der Waals surface area contributed by atoms with E-state index >= 15 is 0 Å². The number of thioether (sulfide) groups is 1. The smallest absolute Gasteiger partial charge is 0.250 e. The molecule has 0 aliphatic heterocycles. The van der Waals surface area contributed by atoms with E-state index in [9.17, 15) is 4.79 Å². The van der Waals surface area contributed by atoms with Crippen molar-refractivity contribution in [2.24, 2.45) is 5.10 Å². The molecule has 0 saturated carbocycles. The van der Waals surface area contributed by atoms with Gasteiger partial charge in [0.15, 0.2) is 5.16 Å². The lowest BCUT2D eigenvalue weighted by Gasteiger charge is -2.09. The lowest BCUT2D eigenvalue weighted by Crippen LogP contribution is -2.20. The third-order valence-electron chi connectivity index (χ3n) is 4.18. The molecule has 0 aliphatic carbocycles. The average Bonchev–Trinajstić information content (AvgIpc) is 3.31. The summed E-state index contributed by atoms with van der Waals surface area (Å²) in [6.07, 6.45) is 1.63. The van der Waals surface area contributed by atoms with E-state index in [0.717, 1.165) is 30.4 Å². The van der Waals surface area contributed by atoms with Gasteiger partial charge in [0, 0.05) is 9.90 Å². The van der Waals surface area contributed by atoms with Crippen LogP contribution in [-0.4, -0.2) is 27.4 Å². The molecule has 5 nitrogen and oxygen atoms in total. The number of amides is 1. The molecule has 2 heterocycles. The zero-order chi connectivity index (χ0) is 20.9. The second-order valence-corrected chi connectivity index (χ2v) is 10.2. The number of hydrogen-bond donors (Lipinski definition) is 1. The molecular formula is C21H16BrClN4OS2. The number of imidazole rings is 1. The zero-order valence-electron chi connectivity index (χ0n) is 15.6. The normalized spacial score (nSPS) is 11.4. The highest BCUT2D eigenvalue weighted by atomic mass is 79.9. The van der Waals surface area contributed by atoms with Crippen molar-refractivity contribution in [2.75, 3.05) is 5.75 Å². The van der Waals surface area contributed by atoms with Crippen LogP contribution in [0, 0.1) is 0 Å². The molecule has 4 rings (SSSR count). The van der Waals surface area contributed by atoms with Crippen LogP contribution in [0.25, 0.3) is 11.0 Å². The third-order valence-corrected chi connectivity index (χ3v) is 6.97. The van der Waals surface area contributed by atoms with E-state index in [1.165, 1.54) is 11.8 Å². The number of benzene rings is 2. The van der Waals surface area contributed by atoms with Gasteiger partial charge < -0.3 is 4.57 Å². The minimum atomic E-state index is -0.183. The Labute approximate surface area is 195 Å². The maximum absolute atomic E-state index is 12.2. The van der Waals surface area contributed by atoms with Gasteiger partial charge in [0.1, 0.15) is 0 Å².